The molecule has 9 nitrogen and oxygen atoms in total. The summed E-state index contributed by atoms with van der Waals surface area (Å²) in [6.07, 6.45) is 0.631. The van der Waals surface area contributed by atoms with Gasteiger partial charge in [0.2, 0.25) is 5.91 Å². The van der Waals surface area contributed by atoms with Gasteiger partial charge in [-0.25, -0.2) is 9.59 Å². The van der Waals surface area contributed by atoms with Crippen LogP contribution in [0.5, 0.6) is 0 Å². The third-order valence-corrected chi connectivity index (χ3v) is 5.61. The highest BCUT2D eigenvalue weighted by molar-refractivity contribution is 6.03. The first-order chi connectivity index (χ1) is 15.7. The van der Waals surface area contributed by atoms with Crippen molar-refractivity contribution in [3.8, 4) is 11.1 Å². The third kappa shape index (κ3) is 4.30. The summed E-state index contributed by atoms with van der Waals surface area (Å²) in [6, 6.07) is 16.0. The predicted octanol–water partition coefficient (Wildman–Crippen LogP) is 3.37. The highest BCUT2D eigenvalue weighted by atomic mass is 16.5. The molecule has 0 spiro atoms. The highest BCUT2D eigenvalue weighted by Crippen LogP contribution is 2.44. The van der Waals surface area contributed by atoms with Gasteiger partial charge in [-0.15, -0.1) is 0 Å². The lowest BCUT2D eigenvalue weighted by molar-refractivity contribution is -0.121. The van der Waals surface area contributed by atoms with Crippen molar-refractivity contribution >= 4 is 23.7 Å². The summed E-state index contributed by atoms with van der Waals surface area (Å²) < 4.78 is 6.78. The molecule has 0 unspecified atom stereocenters. The summed E-state index contributed by atoms with van der Waals surface area (Å²) in [5.41, 5.74) is 2.79. The fourth-order valence-corrected chi connectivity index (χ4v) is 3.96. The zero-order chi connectivity index (χ0) is 23.8. The fraction of sp³-hybridized carbons (Fsp3) is 0.250. The first-order valence-electron chi connectivity index (χ1n) is 10.4. The SMILES string of the molecule is Cn1cc(NC(=O)C(C)(C)NC(=O)OCC2c3ccccc3-c3ccccc32)c(C(=O)O)n1. The molecular formula is C24H24N4O5. The number of nitrogens with zero attached hydrogens (tertiary/aromatic N) is 2. The minimum atomic E-state index is -1.37. The standard InChI is InChI=1S/C24H24N4O5/c1-24(2,22(31)25-19-12-28(3)27-20(19)21(29)30)26-23(32)33-13-18-16-10-6-4-8-14(16)15-9-5-7-11-17(15)18/h4-12,18H,13H2,1-3H3,(H,25,31)(H,26,32)(H,29,30). The number of aryl methyl sites for hydroxylation is 1. The van der Waals surface area contributed by atoms with Gasteiger partial charge in [0.15, 0.2) is 5.69 Å². The summed E-state index contributed by atoms with van der Waals surface area (Å²) in [7, 11) is 1.54. The van der Waals surface area contributed by atoms with E-state index in [9.17, 15) is 19.5 Å². The van der Waals surface area contributed by atoms with E-state index in [-0.39, 0.29) is 23.9 Å². The van der Waals surface area contributed by atoms with E-state index in [1.54, 1.807) is 7.05 Å². The van der Waals surface area contributed by atoms with Crippen molar-refractivity contribution in [1.82, 2.24) is 15.1 Å². The Kier molecular flexibility index (Phi) is 5.63. The lowest BCUT2D eigenvalue weighted by Gasteiger charge is -2.25. The molecule has 0 atom stereocenters. The number of benzene rings is 2. The molecule has 1 heterocycles. The quantitative estimate of drug-likeness (QED) is 0.531. The lowest BCUT2D eigenvalue weighted by atomic mass is 9.98. The highest BCUT2D eigenvalue weighted by Gasteiger charge is 2.33. The second-order valence-electron chi connectivity index (χ2n) is 8.40. The Labute approximate surface area is 190 Å². The van der Waals surface area contributed by atoms with Crippen LogP contribution in [0, 0.1) is 0 Å². The number of rotatable bonds is 6. The Morgan fingerprint density at radius 1 is 1.06 bits per heavy atom. The molecule has 1 aliphatic carbocycles. The van der Waals surface area contributed by atoms with Gasteiger partial charge >= 0.3 is 12.1 Å². The van der Waals surface area contributed by atoms with Crippen molar-refractivity contribution in [3.63, 3.8) is 0 Å². The number of fused-ring (bicyclic) bond motifs is 3. The van der Waals surface area contributed by atoms with Gasteiger partial charge in [0.05, 0.1) is 5.69 Å². The topological polar surface area (TPSA) is 123 Å². The number of amides is 2. The third-order valence-electron chi connectivity index (χ3n) is 5.61. The largest absolute Gasteiger partial charge is 0.476 e. The summed E-state index contributed by atoms with van der Waals surface area (Å²) in [5, 5.41) is 18.1. The molecule has 0 fully saturated rings. The van der Waals surface area contributed by atoms with E-state index in [0.29, 0.717) is 0 Å². The van der Waals surface area contributed by atoms with Crippen LogP contribution < -0.4 is 10.6 Å². The number of carbonyl (C=O) groups is 3. The van der Waals surface area contributed by atoms with E-state index in [1.165, 1.54) is 24.7 Å². The maximum atomic E-state index is 12.7. The van der Waals surface area contributed by atoms with E-state index in [2.05, 4.69) is 15.7 Å². The van der Waals surface area contributed by atoms with Crippen LogP contribution in [-0.2, 0) is 16.6 Å². The number of hydrogen-bond acceptors (Lipinski definition) is 5. The molecule has 0 saturated carbocycles. The van der Waals surface area contributed by atoms with Crippen molar-refractivity contribution in [2.75, 3.05) is 11.9 Å². The molecular weight excluding hydrogens is 424 g/mol. The molecule has 0 aliphatic heterocycles. The van der Waals surface area contributed by atoms with Crippen LogP contribution >= 0.6 is 0 Å². The Morgan fingerprint density at radius 3 is 2.21 bits per heavy atom. The van der Waals surface area contributed by atoms with E-state index in [1.807, 2.05) is 48.5 Å². The molecule has 0 bridgehead atoms. The van der Waals surface area contributed by atoms with Crippen LogP contribution in [-0.4, -0.2) is 45.0 Å². The first kappa shape index (κ1) is 22.1. The normalized spacial score (nSPS) is 12.6. The Bertz CT molecular complexity index is 1200. The Balaban J connectivity index is 1.42. The monoisotopic (exact) mass is 448 g/mol. The summed E-state index contributed by atoms with van der Waals surface area (Å²) in [5.74, 6) is -1.98. The van der Waals surface area contributed by atoms with Gasteiger partial charge in [-0.1, -0.05) is 48.5 Å². The average Bonchev–Trinajstić information content (AvgIpc) is 3.29. The van der Waals surface area contributed by atoms with Gasteiger partial charge in [0, 0.05) is 19.2 Å². The van der Waals surface area contributed by atoms with Crippen molar-refractivity contribution in [2.24, 2.45) is 7.05 Å². The smallest absolute Gasteiger partial charge is 0.408 e. The van der Waals surface area contributed by atoms with Crippen molar-refractivity contribution in [1.29, 1.82) is 0 Å². The molecule has 0 saturated heterocycles. The second-order valence-corrected chi connectivity index (χ2v) is 8.40. The summed E-state index contributed by atoms with van der Waals surface area (Å²) >= 11 is 0. The van der Waals surface area contributed by atoms with Gasteiger partial charge in [-0.05, 0) is 36.1 Å². The fourth-order valence-electron chi connectivity index (χ4n) is 3.96. The van der Waals surface area contributed by atoms with Crippen LogP contribution in [0.3, 0.4) is 0 Å². The van der Waals surface area contributed by atoms with Crippen LogP contribution in [0.1, 0.15) is 41.4 Å². The first-order valence-corrected chi connectivity index (χ1v) is 10.4. The number of nitrogens with one attached hydrogen (secondary N) is 2. The Morgan fingerprint density at radius 2 is 1.64 bits per heavy atom. The number of carboxylic acid groups (broad SMARTS) is 1. The molecule has 170 valence electrons. The molecule has 1 aromatic heterocycles. The molecule has 3 N–H and O–H groups in total. The number of alkyl carbamates (subject to hydrolysis) is 1. The van der Waals surface area contributed by atoms with E-state index < -0.39 is 23.5 Å². The summed E-state index contributed by atoms with van der Waals surface area (Å²) in [4.78, 5) is 36.6. The van der Waals surface area contributed by atoms with Gasteiger partial charge in [-0.2, -0.15) is 5.10 Å². The summed E-state index contributed by atoms with van der Waals surface area (Å²) in [6.45, 7) is 3.12. The minimum Gasteiger partial charge on any atom is -0.476 e. The number of carboxylic acids is 1. The van der Waals surface area contributed by atoms with E-state index >= 15 is 0 Å². The van der Waals surface area contributed by atoms with Crippen LogP contribution in [0.25, 0.3) is 11.1 Å². The average molecular weight is 448 g/mol. The maximum absolute atomic E-state index is 12.7. The number of aromatic carboxylic acids is 1. The zero-order valence-electron chi connectivity index (χ0n) is 18.5. The number of carbonyl (C=O) groups excluding carboxylic acids is 2. The predicted molar refractivity (Wildman–Crippen MR) is 121 cm³/mol. The Hall–Kier alpha value is -4.14. The molecule has 3 aromatic rings. The molecule has 2 aromatic carbocycles. The zero-order valence-corrected chi connectivity index (χ0v) is 18.5. The molecule has 33 heavy (non-hydrogen) atoms. The minimum absolute atomic E-state index is 0.0393. The van der Waals surface area contributed by atoms with Gasteiger partial charge < -0.3 is 20.5 Å². The molecule has 0 radical (unpaired) electrons. The number of hydrogen-bond donors (Lipinski definition) is 3. The van der Waals surface area contributed by atoms with Gasteiger partial charge in [-0.3, -0.25) is 9.48 Å². The van der Waals surface area contributed by atoms with Crippen molar-refractivity contribution in [3.05, 3.63) is 71.5 Å². The van der Waals surface area contributed by atoms with Crippen LogP contribution in [0.15, 0.2) is 54.7 Å². The van der Waals surface area contributed by atoms with Crippen LogP contribution in [0.2, 0.25) is 0 Å². The molecule has 9 heteroatoms. The number of anilines is 1. The second kappa shape index (κ2) is 8.42. The number of ether oxygens (including phenoxy) is 1. The van der Waals surface area contributed by atoms with Crippen molar-refractivity contribution in [2.45, 2.75) is 25.3 Å². The molecule has 1 aliphatic rings. The lowest BCUT2D eigenvalue weighted by Crippen LogP contribution is -2.52. The van der Waals surface area contributed by atoms with Crippen molar-refractivity contribution < 1.29 is 24.2 Å². The maximum Gasteiger partial charge on any atom is 0.408 e. The van der Waals surface area contributed by atoms with Gasteiger partial charge in [0.1, 0.15) is 12.1 Å². The molecule has 4 rings (SSSR count). The number of aromatic nitrogens is 2. The van der Waals surface area contributed by atoms with Gasteiger partial charge in [0.25, 0.3) is 0 Å². The van der Waals surface area contributed by atoms with E-state index in [0.717, 1.165) is 22.3 Å². The molecule has 2 amide bonds. The van der Waals surface area contributed by atoms with E-state index in [4.69, 9.17) is 4.74 Å². The van der Waals surface area contributed by atoms with Crippen LogP contribution in [0.4, 0.5) is 10.5 Å².